The summed E-state index contributed by atoms with van der Waals surface area (Å²) in [4.78, 5) is 4.01. The van der Waals surface area contributed by atoms with Crippen molar-refractivity contribution in [2.24, 2.45) is 0 Å². The number of pyridine rings is 1. The number of nitrogens with zero attached hydrogens (tertiary/aromatic N) is 1. The van der Waals surface area contributed by atoms with Crippen LogP contribution in [0.3, 0.4) is 0 Å². The fraction of sp³-hybridized carbons (Fsp3) is 0. The average Bonchev–Trinajstić information content (AvgIpc) is 2.22. The van der Waals surface area contributed by atoms with Crippen LogP contribution in [0.1, 0.15) is 0 Å². The molecule has 1 aromatic carbocycles. The Hall–Kier alpha value is -1.12. The minimum Gasteiger partial charge on any atom is -0.236 e. The number of rotatable bonds is 1. The molecule has 0 radical (unpaired) electrons. The van der Waals surface area contributed by atoms with Gasteiger partial charge in [-0.3, -0.25) is 0 Å². The summed E-state index contributed by atoms with van der Waals surface area (Å²) in [7, 11) is 0. The van der Waals surface area contributed by atoms with Crippen LogP contribution < -0.4 is 0 Å². The molecule has 0 saturated carbocycles. The molecule has 0 fully saturated rings. The third kappa shape index (κ3) is 2.28. The molecule has 2 aromatic rings. The van der Waals surface area contributed by atoms with Crippen molar-refractivity contribution in [3.8, 4) is 11.3 Å². The molecule has 0 saturated heterocycles. The molecule has 2 rings (SSSR count). The molecule has 1 heterocycles. The lowest BCUT2D eigenvalue weighted by Crippen LogP contribution is -1.87. The zero-order chi connectivity index (χ0) is 10.8. The second-order valence-corrected chi connectivity index (χ2v) is 3.79. The first-order valence-electron chi connectivity index (χ1n) is 4.25. The lowest BCUT2D eigenvalue weighted by Gasteiger charge is -2.03. The van der Waals surface area contributed by atoms with Crippen LogP contribution >= 0.6 is 23.2 Å². The van der Waals surface area contributed by atoms with Crippen molar-refractivity contribution in [3.63, 3.8) is 0 Å². The van der Waals surface area contributed by atoms with E-state index in [0.717, 1.165) is 0 Å². The highest BCUT2D eigenvalue weighted by Gasteiger charge is 2.07. The van der Waals surface area contributed by atoms with E-state index < -0.39 is 0 Å². The van der Waals surface area contributed by atoms with E-state index >= 15 is 0 Å². The van der Waals surface area contributed by atoms with Crippen molar-refractivity contribution < 1.29 is 4.39 Å². The predicted octanol–water partition coefficient (Wildman–Crippen LogP) is 4.19. The SMILES string of the molecule is Fc1ccc(Cl)cc1-c1cccc(Cl)n1. The molecule has 1 aromatic heterocycles. The molecule has 15 heavy (non-hydrogen) atoms. The number of halogens is 3. The molecule has 0 atom stereocenters. The maximum atomic E-state index is 13.4. The van der Waals surface area contributed by atoms with E-state index in [4.69, 9.17) is 23.2 Å². The lowest BCUT2D eigenvalue weighted by atomic mass is 10.1. The molecule has 0 aliphatic heterocycles. The summed E-state index contributed by atoms with van der Waals surface area (Å²) in [5.41, 5.74) is 0.826. The first-order chi connectivity index (χ1) is 7.16. The first-order valence-corrected chi connectivity index (χ1v) is 5.00. The van der Waals surface area contributed by atoms with Crippen molar-refractivity contribution in [1.82, 2.24) is 4.98 Å². The minimum atomic E-state index is -0.367. The third-order valence-electron chi connectivity index (χ3n) is 1.92. The van der Waals surface area contributed by atoms with Gasteiger partial charge >= 0.3 is 0 Å². The standard InChI is InChI=1S/C11H6Cl2FN/c12-7-4-5-9(14)8(6-7)10-2-1-3-11(13)15-10/h1-6H. The van der Waals surface area contributed by atoms with Gasteiger partial charge in [-0.15, -0.1) is 0 Å². The van der Waals surface area contributed by atoms with Gasteiger partial charge in [0.15, 0.2) is 0 Å². The Labute approximate surface area is 96.5 Å². The number of benzene rings is 1. The Balaban J connectivity index is 2.58. The molecule has 0 N–H and O–H groups in total. The zero-order valence-electron chi connectivity index (χ0n) is 7.55. The molecule has 0 spiro atoms. The van der Waals surface area contributed by atoms with Gasteiger partial charge in [0.25, 0.3) is 0 Å². The van der Waals surface area contributed by atoms with Crippen molar-refractivity contribution in [3.05, 3.63) is 52.4 Å². The Kier molecular flexibility index (Phi) is 2.89. The topological polar surface area (TPSA) is 12.9 Å². The van der Waals surface area contributed by atoms with Gasteiger partial charge in [0.1, 0.15) is 11.0 Å². The maximum absolute atomic E-state index is 13.4. The average molecular weight is 242 g/mol. The Morgan fingerprint density at radius 1 is 1.07 bits per heavy atom. The summed E-state index contributed by atoms with van der Waals surface area (Å²) in [6.07, 6.45) is 0. The number of hydrogen-bond acceptors (Lipinski definition) is 1. The van der Waals surface area contributed by atoms with Crippen LogP contribution in [-0.2, 0) is 0 Å². The normalized spacial score (nSPS) is 10.3. The highest BCUT2D eigenvalue weighted by molar-refractivity contribution is 6.31. The quantitative estimate of drug-likeness (QED) is 0.683. The van der Waals surface area contributed by atoms with Crippen LogP contribution in [0.2, 0.25) is 10.2 Å². The van der Waals surface area contributed by atoms with Crippen molar-refractivity contribution >= 4 is 23.2 Å². The van der Waals surface area contributed by atoms with Crippen LogP contribution in [0, 0.1) is 5.82 Å². The molecule has 0 aliphatic rings. The van der Waals surface area contributed by atoms with E-state index in [1.807, 2.05) is 0 Å². The van der Waals surface area contributed by atoms with Crippen LogP contribution in [-0.4, -0.2) is 4.98 Å². The summed E-state index contributed by atoms with van der Waals surface area (Å²) in [6.45, 7) is 0. The fourth-order valence-corrected chi connectivity index (χ4v) is 1.59. The Bertz CT molecular complexity index is 500. The van der Waals surface area contributed by atoms with Crippen LogP contribution in [0.4, 0.5) is 4.39 Å². The van der Waals surface area contributed by atoms with Gasteiger partial charge in [0.2, 0.25) is 0 Å². The molecular weight excluding hydrogens is 236 g/mol. The molecular formula is C11H6Cl2FN. The van der Waals surface area contributed by atoms with Crippen molar-refractivity contribution in [2.75, 3.05) is 0 Å². The van der Waals surface area contributed by atoms with Crippen LogP contribution in [0.15, 0.2) is 36.4 Å². The second-order valence-electron chi connectivity index (χ2n) is 2.97. The summed E-state index contributed by atoms with van der Waals surface area (Å²) < 4.78 is 13.4. The zero-order valence-corrected chi connectivity index (χ0v) is 9.06. The fourth-order valence-electron chi connectivity index (χ4n) is 1.25. The van der Waals surface area contributed by atoms with E-state index in [-0.39, 0.29) is 5.82 Å². The summed E-state index contributed by atoms with van der Waals surface area (Å²) >= 11 is 11.5. The molecule has 0 aliphatic carbocycles. The summed E-state index contributed by atoms with van der Waals surface area (Å²) in [5, 5.41) is 0.792. The van der Waals surface area contributed by atoms with E-state index in [1.54, 1.807) is 18.2 Å². The van der Waals surface area contributed by atoms with Gasteiger partial charge in [-0.1, -0.05) is 29.3 Å². The largest absolute Gasteiger partial charge is 0.236 e. The summed E-state index contributed by atoms with van der Waals surface area (Å²) in [5.74, 6) is -0.367. The number of hydrogen-bond donors (Lipinski definition) is 0. The first kappa shape index (κ1) is 10.4. The molecule has 1 nitrogen and oxygen atoms in total. The van der Waals surface area contributed by atoms with Crippen LogP contribution in [0.5, 0.6) is 0 Å². The van der Waals surface area contributed by atoms with Gasteiger partial charge in [0.05, 0.1) is 5.69 Å². The van der Waals surface area contributed by atoms with E-state index in [2.05, 4.69) is 4.98 Å². The maximum Gasteiger partial charge on any atom is 0.132 e. The molecule has 0 unspecified atom stereocenters. The Morgan fingerprint density at radius 2 is 1.87 bits per heavy atom. The molecule has 0 amide bonds. The van der Waals surface area contributed by atoms with Gasteiger partial charge in [-0.05, 0) is 30.3 Å². The van der Waals surface area contributed by atoms with E-state index in [0.29, 0.717) is 21.4 Å². The van der Waals surface area contributed by atoms with Crippen molar-refractivity contribution in [2.45, 2.75) is 0 Å². The molecule has 0 bridgehead atoms. The van der Waals surface area contributed by atoms with E-state index in [9.17, 15) is 4.39 Å². The lowest BCUT2D eigenvalue weighted by molar-refractivity contribution is 0.631. The molecule has 4 heteroatoms. The Morgan fingerprint density at radius 3 is 2.60 bits per heavy atom. The van der Waals surface area contributed by atoms with E-state index in [1.165, 1.54) is 18.2 Å². The highest BCUT2D eigenvalue weighted by atomic mass is 35.5. The number of aromatic nitrogens is 1. The minimum absolute atomic E-state index is 0.326. The van der Waals surface area contributed by atoms with Gasteiger partial charge in [0, 0.05) is 10.6 Å². The van der Waals surface area contributed by atoms with Crippen molar-refractivity contribution in [1.29, 1.82) is 0 Å². The summed E-state index contributed by atoms with van der Waals surface area (Å²) in [6, 6.07) is 9.35. The second kappa shape index (κ2) is 4.17. The van der Waals surface area contributed by atoms with Gasteiger partial charge < -0.3 is 0 Å². The third-order valence-corrected chi connectivity index (χ3v) is 2.37. The monoisotopic (exact) mass is 241 g/mol. The smallest absolute Gasteiger partial charge is 0.132 e. The van der Waals surface area contributed by atoms with Gasteiger partial charge in [-0.2, -0.15) is 0 Å². The highest BCUT2D eigenvalue weighted by Crippen LogP contribution is 2.25. The van der Waals surface area contributed by atoms with Crippen LogP contribution in [0.25, 0.3) is 11.3 Å². The predicted molar refractivity (Wildman–Crippen MR) is 59.7 cm³/mol. The molecule has 76 valence electrons. The van der Waals surface area contributed by atoms with Gasteiger partial charge in [-0.25, -0.2) is 9.37 Å².